The SMILES string of the molecule is CNCC1(CN2CCOCC2(C)C)CCCC(C)C1. The third kappa shape index (κ3) is 3.71. The van der Waals surface area contributed by atoms with Gasteiger partial charge in [-0.15, -0.1) is 0 Å². The summed E-state index contributed by atoms with van der Waals surface area (Å²) in [6, 6.07) is 0. The second-order valence-electron chi connectivity index (χ2n) is 7.52. The highest BCUT2D eigenvalue weighted by Gasteiger charge is 2.40. The van der Waals surface area contributed by atoms with Crippen molar-refractivity contribution < 1.29 is 4.74 Å². The van der Waals surface area contributed by atoms with Gasteiger partial charge in [0.25, 0.3) is 0 Å². The number of nitrogens with one attached hydrogen (secondary N) is 1. The van der Waals surface area contributed by atoms with Crippen LogP contribution in [0.2, 0.25) is 0 Å². The Bertz CT molecular complexity index is 288. The molecule has 2 unspecified atom stereocenters. The molecule has 0 aromatic heterocycles. The third-order valence-electron chi connectivity index (χ3n) is 5.08. The van der Waals surface area contributed by atoms with Crippen molar-refractivity contribution in [3.05, 3.63) is 0 Å². The van der Waals surface area contributed by atoms with E-state index in [2.05, 4.69) is 38.0 Å². The second kappa shape index (κ2) is 6.11. The minimum Gasteiger partial charge on any atom is -0.378 e. The van der Waals surface area contributed by atoms with Gasteiger partial charge in [0, 0.05) is 25.2 Å². The van der Waals surface area contributed by atoms with Crippen molar-refractivity contribution in [2.45, 2.75) is 52.0 Å². The molecule has 0 bridgehead atoms. The molecule has 0 aromatic rings. The van der Waals surface area contributed by atoms with Gasteiger partial charge in [0.15, 0.2) is 0 Å². The fraction of sp³-hybridized carbons (Fsp3) is 1.00. The average molecular weight is 268 g/mol. The lowest BCUT2D eigenvalue weighted by Gasteiger charge is -2.49. The maximum Gasteiger partial charge on any atom is 0.0645 e. The first-order valence-electron chi connectivity index (χ1n) is 7.95. The summed E-state index contributed by atoms with van der Waals surface area (Å²) >= 11 is 0. The predicted octanol–water partition coefficient (Wildman–Crippen LogP) is 2.51. The van der Waals surface area contributed by atoms with Crippen molar-refractivity contribution in [3.8, 4) is 0 Å². The minimum absolute atomic E-state index is 0.194. The Morgan fingerprint density at radius 1 is 1.37 bits per heavy atom. The quantitative estimate of drug-likeness (QED) is 0.848. The Kier molecular flexibility index (Phi) is 4.91. The zero-order valence-corrected chi connectivity index (χ0v) is 13.3. The van der Waals surface area contributed by atoms with Crippen LogP contribution in [0.5, 0.6) is 0 Å². The molecule has 1 aliphatic carbocycles. The number of ether oxygens (including phenoxy) is 1. The second-order valence-corrected chi connectivity index (χ2v) is 7.52. The molecule has 2 atom stereocenters. The topological polar surface area (TPSA) is 24.5 Å². The summed E-state index contributed by atoms with van der Waals surface area (Å²) in [6.07, 6.45) is 5.57. The fourth-order valence-electron chi connectivity index (χ4n) is 4.09. The number of nitrogens with zero attached hydrogens (tertiary/aromatic N) is 1. The lowest BCUT2D eigenvalue weighted by Crippen LogP contribution is -2.58. The van der Waals surface area contributed by atoms with Crippen LogP contribution < -0.4 is 5.32 Å². The van der Waals surface area contributed by atoms with E-state index in [1.807, 2.05) is 0 Å². The van der Waals surface area contributed by atoms with Crippen LogP contribution in [-0.2, 0) is 4.74 Å². The normalized spacial score (nSPS) is 36.3. The zero-order valence-electron chi connectivity index (χ0n) is 13.3. The van der Waals surface area contributed by atoms with E-state index in [1.54, 1.807) is 0 Å². The summed E-state index contributed by atoms with van der Waals surface area (Å²) in [4.78, 5) is 2.67. The molecule has 3 nitrogen and oxygen atoms in total. The molecule has 1 aliphatic heterocycles. The van der Waals surface area contributed by atoms with Crippen LogP contribution in [0.1, 0.15) is 46.5 Å². The molecule has 112 valence electrons. The number of hydrogen-bond donors (Lipinski definition) is 1. The van der Waals surface area contributed by atoms with Gasteiger partial charge >= 0.3 is 0 Å². The van der Waals surface area contributed by atoms with Gasteiger partial charge in [-0.3, -0.25) is 4.90 Å². The molecule has 1 heterocycles. The Morgan fingerprint density at radius 3 is 2.79 bits per heavy atom. The monoisotopic (exact) mass is 268 g/mol. The summed E-state index contributed by atoms with van der Waals surface area (Å²) in [7, 11) is 2.10. The fourth-order valence-corrected chi connectivity index (χ4v) is 4.09. The van der Waals surface area contributed by atoms with Crippen molar-refractivity contribution in [2.24, 2.45) is 11.3 Å². The van der Waals surface area contributed by atoms with Gasteiger partial charge in [-0.1, -0.05) is 19.8 Å². The first kappa shape index (κ1) is 15.3. The van der Waals surface area contributed by atoms with Crippen molar-refractivity contribution in [3.63, 3.8) is 0 Å². The van der Waals surface area contributed by atoms with E-state index >= 15 is 0 Å². The molecule has 2 fully saturated rings. The summed E-state index contributed by atoms with van der Waals surface area (Å²) in [6.45, 7) is 12.3. The molecule has 3 heteroatoms. The molecule has 0 aromatic carbocycles. The number of morpholine rings is 1. The highest BCUT2D eigenvalue weighted by molar-refractivity contribution is 4.94. The highest BCUT2D eigenvalue weighted by atomic mass is 16.5. The van der Waals surface area contributed by atoms with Gasteiger partial charge in [-0.05, 0) is 45.1 Å². The molecule has 19 heavy (non-hydrogen) atoms. The summed E-state index contributed by atoms with van der Waals surface area (Å²) in [5.74, 6) is 0.881. The molecule has 2 rings (SSSR count). The van der Waals surface area contributed by atoms with Crippen LogP contribution in [-0.4, -0.2) is 50.3 Å². The minimum atomic E-state index is 0.194. The highest BCUT2D eigenvalue weighted by Crippen LogP contribution is 2.41. The van der Waals surface area contributed by atoms with Gasteiger partial charge in [0.1, 0.15) is 0 Å². The van der Waals surface area contributed by atoms with Crippen LogP contribution >= 0.6 is 0 Å². The first-order valence-corrected chi connectivity index (χ1v) is 7.95. The van der Waals surface area contributed by atoms with Crippen LogP contribution in [0.25, 0.3) is 0 Å². The van der Waals surface area contributed by atoms with Crippen LogP contribution in [0.3, 0.4) is 0 Å². The molecule has 1 N–H and O–H groups in total. The summed E-state index contributed by atoms with van der Waals surface area (Å²) in [5, 5.41) is 3.46. The standard InChI is InChI=1S/C16H32N2O/c1-14-6-5-7-16(10-14,11-17-4)12-18-8-9-19-13-15(18,2)3/h14,17H,5-13H2,1-4H3. The zero-order chi connectivity index (χ0) is 13.9. The molecule has 0 radical (unpaired) electrons. The molecule has 0 spiro atoms. The van der Waals surface area contributed by atoms with Gasteiger partial charge in [-0.2, -0.15) is 0 Å². The van der Waals surface area contributed by atoms with E-state index in [4.69, 9.17) is 4.74 Å². The average Bonchev–Trinajstić information content (AvgIpc) is 2.32. The van der Waals surface area contributed by atoms with Gasteiger partial charge in [0.05, 0.1) is 13.2 Å². The maximum absolute atomic E-state index is 5.66. The third-order valence-corrected chi connectivity index (χ3v) is 5.08. The Labute approximate surface area is 119 Å². The molecule has 1 saturated heterocycles. The van der Waals surface area contributed by atoms with Crippen molar-refractivity contribution in [1.29, 1.82) is 0 Å². The van der Waals surface area contributed by atoms with Gasteiger partial charge in [-0.25, -0.2) is 0 Å². The van der Waals surface area contributed by atoms with Gasteiger partial charge < -0.3 is 10.1 Å². The first-order chi connectivity index (χ1) is 8.97. The van der Waals surface area contributed by atoms with E-state index in [-0.39, 0.29) is 5.54 Å². The van der Waals surface area contributed by atoms with Crippen molar-refractivity contribution in [2.75, 3.05) is 39.9 Å². The lowest BCUT2D eigenvalue weighted by atomic mass is 9.69. The van der Waals surface area contributed by atoms with E-state index in [1.165, 1.54) is 32.2 Å². The Morgan fingerprint density at radius 2 is 2.16 bits per heavy atom. The molecule has 0 amide bonds. The van der Waals surface area contributed by atoms with Crippen molar-refractivity contribution >= 4 is 0 Å². The van der Waals surface area contributed by atoms with Crippen LogP contribution in [0.4, 0.5) is 0 Å². The van der Waals surface area contributed by atoms with E-state index in [0.717, 1.165) is 32.2 Å². The van der Waals surface area contributed by atoms with Crippen molar-refractivity contribution in [1.82, 2.24) is 10.2 Å². The van der Waals surface area contributed by atoms with Crippen LogP contribution in [0, 0.1) is 11.3 Å². The number of hydrogen-bond acceptors (Lipinski definition) is 3. The largest absolute Gasteiger partial charge is 0.378 e. The smallest absolute Gasteiger partial charge is 0.0645 e. The maximum atomic E-state index is 5.66. The Balaban J connectivity index is 2.07. The molecule has 2 aliphatic rings. The molecular formula is C16H32N2O. The van der Waals surface area contributed by atoms with Crippen LogP contribution in [0.15, 0.2) is 0 Å². The van der Waals surface area contributed by atoms with E-state index in [0.29, 0.717) is 5.41 Å². The predicted molar refractivity (Wildman–Crippen MR) is 80.5 cm³/mol. The molecular weight excluding hydrogens is 236 g/mol. The van der Waals surface area contributed by atoms with E-state index < -0.39 is 0 Å². The molecule has 1 saturated carbocycles. The Hall–Kier alpha value is -0.120. The van der Waals surface area contributed by atoms with E-state index in [9.17, 15) is 0 Å². The summed E-state index contributed by atoms with van der Waals surface area (Å²) in [5.41, 5.74) is 0.667. The summed E-state index contributed by atoms with van der Waals surface area (Å²) < 4.78 is 5.66. The van der Waals surface area contributed by atoms with Gasteiger partial charge in [0.2, 0.25) is 0 Å². The number of rotatable bonds is 4. The lowest BCUT2D eigenvalue weighted by molar-refractivity contribution is -0.0748.